The number of nitrogens with zero attached hydrogens (tertiary/aromatic N) is 1. The summed E-state index contributed by atoms with van der Waals surface area (Å²) in [4.78, 5) is 15.3. The van der Waals surface area contributed by atoms with Gasteiger partial charge in [0.15, 0.2) is 0 Å². The molecule has 0 unspecified atom stereocenters. The number of carboxylic acid groups (broad SMARTS) is 1. The largest absolute Gasteiger partial charge is 0.478 e. The average Bonchev–Trinajstić information content (AvgIpc) is 2.36. The predicted octanol–water partition coefficient (Wildman–Crippen LogP) is 3.35. The third-order valence-corrected chi connectivity index (χ3v) is 2.85. The summed E-state index contributed by atoms with van der Waals surface area (Å²) in [6.07, 6.45) is 0. The van der Waals surface area contributed by atoms with E-state index in [2.05, 4.69) is 10.3 Å². The zero-order valence-electron chi connectivity index (χ0n) is 10.4. The van der Waals surface area contributed by atoms with E-state index in [1.54, 1.807) is 18.2 Å². The van der Waals surface area contributed by atoms with Crippen LogP contribution in [-0.4, -0.2) is 16.1 Å². The SMILES string of the molecule is Cc1ccc(C(=O)O)c(NCc2cccc(Cl)c2)n1. The minimum absolute atomic E-state index is 0.160. The van der Waals surface area contributed by atoms with Gasteiger partial charge in [0.2, 0.25) is 0 Å². The molecule has 1 aromatic heterocycles. The highest BCUT2D eigenvalue weighted by Crippen LogP contribution is 2.16. The fraction of sp³-hybridized carbons (Fsp3) is 0.143. The van der Waals surface area contributed by atoms with Crippen LogP contribution in [0.5, 0.6) is 0 Å². The van der Waals surface area contributed by atoms with E-state index in [0.717, 1.165) is 11.3 Å². The molecule has 1 aromatic carbocycles. The van der Waals surface area contributed by atoms with Gasteiger partial charge in [-0.25, -0.2) is 9.78 Å². The van der Waals surface area contributed by atoms with Crippen molar-refractivity contribution in [1.82, 2.24) is 4.98 Å². The average molecular weight is 277 g/mol. The first kappa shape index (κ1) is 13.4. The Morgan fingerprint density at radius 3 is 2.84 bits per heavy atom. The summed E-state index contributed by atoms with van der Waals surface area (Å²) in [5, 5.41) is 12.8. The second-order valence-electron chi connectivity index (χ2n) is 4.14. The summed E-state index contributed by atoms with van der Waals surface area (Å²) >= 11 is 5.90. The summed E-state index contributed by atoms with van der Waals surface area (Å²) in [5.74, 6) is -0.631. The number of nitrogens with one attached hydrogen (secondary N) is 1. The highest BCUT2D eigenvalue weighted by atomic mass is 35.5. The lowest BCUT2D eigenvalue weighted by Crippen LogP contribution is -2.09. The van der Waals surface area contributed by atoms with Gasteiger partial charge in [-0.05, 0) is 36.8 Å². The van der Waals surface area contributed by atoms with Crippen LogP contribution in [0.15, 0.2) is 36.4 Å². The van der Waals surface area contributed by atoms with Crippen LogP contribution in [-0.2, 0) is 6.54 Å². The number of rotatable bonds is 4. The molecule has 0 spiro atoms. The maximum Gasteiger partial charge on any atom is 0.339 e. The molecule has 5 heteroatoms. The summed E-state index contributed by atoms with van der Waals surface area (Å²) in [5.41, 5.74) is 1.89. The van der Waals surface area contributed by atoms with Crippen molar-refractivity contribution in [2.75, 3.05) is 5.32 Å². The summed E-state index contributed by atoms with van der Waals surface area (Å²) in [6, 6.07) is 10.6. The monoisotopic (exact) mass is 276 g/mol. The van der Waals surface area contributed by atoms with Gasteiger partial charge < -0.3 is 10.4 Å². The van der Waals surface area contributed by atoms with Crippen LogP contribution < -0.4 is 5.32 Å². The Bertz CT molecular complexity index is 614. The predicted molar refractivity (Wildman–Crippen MR) is 74.7 cm³/mol. The van der Waals surface area contributed by atoms with Crippen molar-refractivity contribution < 1.29 is 9.90 Å². The molecule has 0 saturated heterocycles. The van der Waals surface area contributed by atoms with Crippen LogP contribution in [0.2, 0.25) is 5.02 Å². The smallest absolute Gasteiger partial charge is 0.339 e. The third-order valence-electron chi connectivity index (χ3n) is 2.61. The van der Waals surface area contributed by atoms with Crippen LogP contribution in [0.25, 0.3) is 0 Å². The molecule has 0 atom stereocenters. The third kappa shape index (κ3) is 3.45. The fourth-order valence-corrected chi connectivity index (χ4v) is 1.91. The first-order valence-corrected chi connectivity index (χ1v) is 6.13. The van der Waals surface area contributed by atoms with Gasteiger partial charge in [0.25, 0.3) is 0 Å². The van der Waals surface area contributed by atoms with E-state index >= 15 is 0 Å². The second-order valence-corrected chi connectivity index (χ2v) is 4.57. The number of aromatic carboxylic acids is 1. The highest BCUT2D eigenvalue weighted by molar-refractivity contribution is 6.30. The van der Waals surface area contributed by atoms with Gasteiger partial charge in [-0.2, -0.15) is 0 Å². The summed E-state index contributed by atoms with van der Waals surface area (Å²) in [7, 11) is 0. The number of carbonyl (C=O) groups is 1. The molecule has 0 aliphatic heterocycles. The lowest BCUT2D eigenvalue weighted by molar-refractivity contribution is 0.0697. The second kappa shape index (κ2) is 5.71. The number of carboxylic acids is 1. The maximum atomic E-state index is 11.1. The normalized spacial score (nSPS) is 10.2. The van der Waals surface area contributed by atoms with Crippen molar-refractivity contribution in [1.29, 1.82) is 0 Å². The Morgan fingerprint density at radius 2 is 2.16 bits per heavy atom. The molecule has 0 bridgehead atoms. The topological polar surface area (TPSA) is 62.2 Å². The van der Waals surface area contributed by atoms with E-state index in [1.807, 2.05) is 25.1 Å². The first-order valence-electron chi connectivity index (χ1n) is 5.75. The molecule has 98 valence electrons. The molecular weight excluding hydrogens is 264 g/mol. The Kier molecular flexibility index (Phi) is 4.02. The summed E-state index contributed by atoms with van der Waals surface area (Å²) in [6.45, 7) is 2.29. The number of aryl methyl sites for hydroxylation is 1. The lowest BCUT2D eigenvalue weighted by Gasteiger charge is -2.09. The van der Waals surface area contributed by atoms with Crippen LogP contribution in [0, 0.1) is 6.92 Å². The van der Waals surface area contributed by atoms with Gasteiger partial charge in [0, 0.05) is 17.3 Å². The van der Waals surface area contributed by atoms with Gasteiger partial charge >= 0.3 is 5.97 Å². The maximum absolute atomic E-state index is 11.1. The van der Waals surface area contributed by atoms with Crippen molar-refractivity contribution in [3.63, 3.8) is 0 Å². The van der Waals surface area contributed by atoms with Crippen LogP contribution in [0.1, 0.15) is 21.6 Å². The molecule has 0 fully saturated rings. The summed E-state index contributed by atoms with van der Waals surface area (Å²) < 4.78 is 0. The van der Waals surface area contributed by atoms with Gasteiger partial charge in [-0.3, -0.25) is 0 Å². The van der Waals surface area contributed by atoms with Gasteiger partial charge in [0.05, 0.1) is 0 Å². The van der Waals surface area contributed by atoms with E-state index in [-0.39, 0.29) is 5.56 Å². The van der Waals surface area contributed by atoms with Crippen molar-refractivity contribution >= 4 is 23.4 Å². The van der Waals surface area contributed by atoms with E-state index in [4.69, 9.17) is 16.7 Å². The molecular formula is C14H13ClN2O2. The molecule has 0 saturated carbocycles. The Morgan fingerprint density at radius 1 is 1.37 bits per heavy atom. The molecule has 2 rings (SSSR count). The van der Waals surface area contributed by atoms with E-state index in [0.29, 0.717) is 17.4 Å². The van der Waals surface area contributed by atoms with Crippen molar-refractivity contribution in [2.24, 2.45) is 0 Å². The van der Waals surface area contributed by atoms with Crippen molar-refractivity contribution in [3.05, 3.63) is 58.2 Å². The Balaban J connectivity index is 2.19. The van der Waals surface area contributed by atoms with Gasteiger partial charge in [-0.1, -0.05) is 23.7 Å². The lowest BCUT2D eigenvalue weighted by atomic mass is 10.2. The number of hydrogen-bond acceptors (Lipinski definition) is 3. The molecule has 2 N–H and O–H groups in total. The molecule has 4 nitrogen and oxygen atoms in total. The van der Waals surface area contributed by atoms with Crippen LogP contribution in [0.4, 0.5) is 5.82 Å². The minimum atomic E-state index is -0.999. The Labute approximate surface area is 116 Å². The first-order chi connectivity index (χ1) is 9.06. The van der Waals surface area contributed by atoms with E-state index in [9.17, 15) is 4.79 Å². The van der Waals surface area contributed by atoms with E-state index < -0.39 is 5.97 Å². The number of halogens is 1. The van der Waals surface area contributed by atoms with Crippen molar-refractivity contribution in [2.45, 2.75) is 13.5 Å². The minimum Gasteiger partial charge on any atom is -0.478 e. The molecule has 1 heterocycles. The highest BCUT2D eigenvalue weighted by Gasteiger charge is 2.11. The number of benzene rings is 1. The van der Waals surface area contributed by atoms with E-state index in [1.165, 1.54) is 0 Å². The number of aromatic nitrogens is 1. The fourth-order valence-electron chi connectivity index (χ4n) is 1.70. The standard InChI is InChI=1S/C14H13ClN2O2/c1-9-5-6-12(14(18)19)13(17-9)16-8-10-3-2-4-11(15)7-10/h2-7H,8H2,1H3,(H,16,17)(H,18,19). The van der Waals surface area contributed by atoms with Gasteiger partial charge in [0.1, 0.15) is 11.4 Å². The molecule has 19 heavy (non-hydrogen) atoms. The molecule has 2 aromatic rings. The molecule has 0 aliphatic carbocycles. The number of anilines is 1. The zero-order chi connectivity index (χ0) is 13.8. The zero-order valence-corrected chi connectivity index (χ0v) is 11.1. The molecule has 0 radical (unpaired) electrons. The number of hydrogen-bond donors (Lipinski definition) is 2. The van der Waals surface area contributed by atoms with Gasteiger partial charge in [-0.15, -0.1) is 0 Å². The van der Waals surface area contributed by atoms with Crippen LogP contribution >= 0.6 is 11.6 Å². The quantitative estimate of drug-likeness (QED) is 0.899. The van der Waals surface area contributed by atoms with Crippen LogP contribution in [0.3, 0.4) is 0 Å². The van der Waals surface area contributed by atoms with Crippen molar-refractivity contribution in [3.8, 4) is 0 Å². The molecule has 0 aliphatic rings. The molecule has 0 amide bonds. The number of pyridine rings is 1. The Hall–Kier alpha value is -2.07.